The number of hydrogen-bond donors (Lipinski definition) is 2. The van der Waals surface area contributed by atoms with Crippen LogP contribution in [0.15, 0.2) is 22.7 Å². The van der Waals surface area contributed by atoms with Crippen molar-refractivity contribution >= 4 is 5.69 Å². The number of phenols is 1. The van der Waals surface area contributed by atoms with Crippen LogP contribution in [0.1, 0.15) is 25.6 Å². The van der Waals surface area contributed by atoms with Crippen LogP contribution in [0.2, 0.25) is 0 Å². The first-order chi connectivity index (χ1) is 8.08. The molecule has 1 fully saturated rings. The van der Waals surface area contributed by atoms with E-state index < -0.39 is 0 Å². The molecule has 5 nitrogen and oxygen atoms in total. The molecule has 0 unspecified atom stereocenters. The van der Waals surface area contributed by atoms with Crippen molar-refractivity contribution in [1.82, 2.24) is 10.1 Å². The molecule has 3 rings (SSSR count). The van der Waals surface area contributed by atoms with Gasteiger partial charge in [-0.25, -0.2) is 0 Å². The fourth-order valence-corrected chi connectivity index (χ4v) is 1.67. The zero-order valence-electron chi connectivity index (χ0n) is 9.47. The molecular formula is C12H13N3O2. The molecular weight excluding hydrogens is 218 g/mol. The van der Waals surface area contributed by atoms with Crippen LogP contribution in [0.25, 0.3) is 11.5 Å². The van der Waals surface area contributed by atoms with Crippen LogP contribution < -0.4 is 5.73 Å². The van der Waals surface area contributed by atoms with E-state index in [1.807, 2.05) is 0 Å². The second-order valence-electron chi connectivity index (χ2n) is 4.76. The van der Waals surface area contributed by atoms with Gasteiger partial charge in [0.2, 0.25) is 0 Å². The fraction of sp³-hybridized carbons (Fsp3) is 0.333. The fourth-order valence-electron chi connectivity index (χ4n) is 1.67. The van der Waals surface area contributed by atoms with E-state index in [9.17, 15) is 5.11 Å². The molecule has 0 spiro atoms. The van der Waals surface area contributed by atoms with E-state index in [0.29, 0.717) is 17.1 Å². The van der Waals surface area contributed by atoms with Gasteiger partial charge in [0, 0.05) is 11.0 Å². The third-order valence-electron chi connectivity index (χ3n) is 3.24. The average molecular weight is 231 g/mol. The van der Waals surface area contributed by atoms with Gasteiger partial charge in [0.15, 0.2) is 5.82 Å². The normalized spacial score (nSPS) is 17.0. The van der Waals surface area contributed by atoms with Gasteiger partial charge in [-0.15, -0.1) is 0 Å². The lowest BCUT2D eigenvalue weighted by Crippen LogP contribution is -2.01. The topological polar surface area (TPSA) is 85.2 Å². The highest BCUT2D eigenvalue weighted by atomic mass is 16.5. The summed E-state index contributed by atoms with van der Waals surface area (Å²) in [6, 6.07) is 4.90. The molecule has 5 heteroatoms. The largest absolute Gasteiger partial charge is 0.506 e. The molecule has 2 aromatic rings. The lowest BCUT2D eigenvalue weighted by Gasteiger charge is -2.00. The van der Waals surface area contributed by atoms with E-state index in [2.05, 4.69) is 17.1 Å². The van der Waals surface area contributed by atoms with Gasteiger partial charge < -0.3 is 15.4 Å². The second-order valence-corrected chi connectivity index (χ2v) is 4.76. The number of phenolic OH excluding ortho intramolecular Hbond substituents is 1. The van der Waals surface area contributed by atoms with Gasteiger partial charge >= 0.3 is 0 Å². The molecule has 0 radical (unpaired) electrons. The number of hydrogen-bond acceptors (Lipinski definition) is 5. The first-order valence-corrected chi connectivity index (χ1v) is 5.51. The van der Waals surface area contributed by atoms with Crippen LogP contribution in [0.4, 0.5) is 5.69 Å². The summed E-state index contributed by atoms with van der Waals surface area (Å²) in [5.74, 6) is 1.19. The number of nitrogens with zero attached hydrogens (tertiary/aromatic N) is 2. The summed E-state index contributed by atoms with van der Waals surface area (Å²) in [7, 11) is 0. The number of rotatable bonds is 2. The minimum absolute atomic E-state index is 0.0277. The number of nitrogens with two attached hydrogens (primary N) is 1. The van der Waals surface area contributed by atoms with Crippen LogP contribution >= 0.6 is 0 Å². The monoisotopic (exact) mass is 231 g/mol. The molecule has 0 saturated heterocycles. The van der Waals surface area contributed by atoms with Crippen LogP contribution in [-0.4, -0.2) is 15.2 Å². The van der Waals surface area contributed by atoms with Crippen molar-refractivity contribution in [2.24, 2.45) is 0 Å². The van der Waals surface area contributed by atoms with Crippen molar-refractivity contribution in [3.05, 3.63) is 24.0 Å². The minimum Gasteiger partial charge on any atom is -0.506 e. The number of aromatic hydroxyl groups is 1. The van der Waals surface area contributed by atoms with E-state index in [4.69, 9.17) is 10.3 Å². The Balaban J connectivity index is 1.98. The summed E-state index contributed by atoms with van der Waals surface area (Å²) in [6.07, 6.45) is 2.19. The highest BCUT2D eigenvalue weighted by Gasteiger charge is 2.43. The molecule has 1 aliphatic carbocycles. The summed E-state index contributed by atoms with van der Waals surface area (Å²) in [5, 5.41) is 13.5. The maximum Gasteiger partial charge on any atom is 0.258 e. The minimum atomic E-state index is 0.0277. The van der Waals surface area contributed by atoms with Gasteiger partial charge in [-0.05, 0) is 31.0 Å². The van der Waals surface area contributed by atoms with Gasteiger partial charge in [0.25, 0.3) is 5.89 Å². The molecule has 1 aromatic heterocycles. The van der Waals surface area contributed by atoms with E-state index in [-0.39, 0.29) is 11.2 Å². The Morgan fingerprint density at radius 3 is 2.82 bits per heavy atom. The second kappa shape index (κ2) is 3.23. The van der Waals surface area contributed by atoms with Crippen molar-refractivity contribution < 1.29 is 9.63 Å². The summed E-state index contributed by atoms with van der Waals surface area (Å²) < 4.78 is 5.20. The highest BCUT2D eigenvalue weighted by molar-refractivity contribution is 5.63. The van der Waals surface area contributed by atoms with E-state index in [0.717, 1.165) is 18.7 Å². The van der Waals surface area contributed by atoms with Crippen LogP contribution in [0.3, 0.4) is 0 Å². The van der Waals surface area contributed by atoms with Gasteiger partial charge in [-0.1, -0.05) is 12.1 Å². The zero-order chi connectivity index (χ0) is 12.0. The summed E-state index contributed by atoms with van der Waals surface area (Å²) in [4.78, 5) is 4.36. The number of benzene rings is 1. The van der Waals surface area contributed by atoms with Crippen LogP contribution in [0.5, 0.6) is 5.75 Å². The average Bonchev–Trinajstić information content (AvgIpc) is 2.88. The standard InChI is InChI=1S/C12H13N3O2/c1-12(4-5-12)11-14-10(17-15-11)7-2-3-8(13)9(16)6-7/h2-3,6,16H,4-5,13H2,1H3. The molecule has 3 N–H and O–H groups in total. The van der Waals surface area contributed by atoms with Crippen molar-refractivity contribution in [3.63, 3.8) is 0 Å². The lowest BCUT2D eigenvalue weighted by atomic mass is 10.1. The van der Waals surface area contributed by atoms with E-state index in [1.165, 1.54) is 6.07 Å². The summed E-state index contributed by atoms with van der Waals surface area (Å²) in [6.45, 7) is 2.11. The van der Waals surface area contributed by atoms with Crippen LogP contribution in [-0.2, 0) is 5.41 Å². The Hall–Kier alpha value is -2.04. The van der Waals surface area contributed by atoms with Crippen LogP contribution in [0, 0.1) is 0 Å². The van der Waals surface area contributed by atoms with E-state index in [1.54, 1.807) is 12.1 Å². The SMILES string of the molecule is CC1(c2noc(-c3ccc(N)c(O)c3)n2)CC1. The third kappa shape index (κ3) is 1.63. The molecule has 0 atom stereocenters. The Labute approximate surface area is 98.3 Å². The number of aromatic nitrogens is 2. The molecule has 88 valence electrons. The number of nitrogen functional groups attached to an aromatic ring is 1. The van der Waals surface area contributed by atoms with Gasteiger partial charge in [0.05, 0.1) is 5.69 Å². The summed E-state index contributed by atoms with van der Waals surface area (Å²) >= 11 is 0. The van der Waals surface area contributed by atoms with Crippen molar-refractivity contribution in [1.29, 1.82) is 0 Å². The molecule has 1 aromatic carbocycles. The first-order valence-electron chi connectivity index (χ1n) is 5.51. The molecule has 1 heterocycles. The van der Waals surface area contributed by atoms with Crippen molar-refractivity contribution in [2.75, 3.05) is 5.73 Å². The molecule has 1 saturated carbocycles. The first kappa shape index (κ1) is 10.1. The maximum atomic E-state index is 9.53. The number of anilines is 1. The highest BCUT2D eigenvalue weighted by Crippen LogP contribution is 2.46. The Morgan fingerprint density at radius 1 is 1.41 bits per heavy atom. The van der Waals surface area contributed by atoms with Gasteiger partial charge in [-0.3, -0.25) is 0 Å². The quantitative estimate of drug-likeness (QED) is 0.610. The van der Waals surface area contributed by atoms with Crippen molar-refractivity contribution in [2.45, 2.75) is 25.2 Å². The van der Waals surface area contributed by atoms with Crippen molar-refractivity contribution in [3.8, 4) is 17.2 Å². The third-order valence-corrected chi connectivity index (χ3v) is 3.24. The summed E-state index contributed by atoms with van der Waals surface area (Å²) in [5.41, 5.74) is 6.63. The molecule has 1 aliphatic rings. The Bertz CT molecular complexity index is 573. The molecule has 0 bridgehead atoms. The Kier molecular flexibility index (Phi) is 1.92. The predicted octanol–water partition coefficient (Wildman–Crippen LogP) is 2.08. The van der Waals surface area contributed by atoms with E-state index >= 15 is 0 Å². The molecule has 0 aliphatic heterocycles. The Morgan fingerprint density at radius 2 is 2.18 bits per heavy atom. The zero-order valence-corrected chi connectivity index (χ0v) is 9.47. The van der Waals surface area contributed by atoms with Gasteiger partial charge in [0.1, 0.15) is 5.75 Å². The maximum absolute atomic E-state index is 9.53. The molecule has 17 heavy (non-hydrogen) atoms. The smallest absolute Gasteiger partial charge is 0.258 e. The predicted molar refractivity (Wildman–Crippen MR) is 62.4 cm³/mol. The van der Waals surface area contributed by atoms with Gasteiger partial charge in [-0.2, -0.15) is 4.98 Å². The molecule has 0 amide bonds. The lowest BCUT2D eigenvalue weighted by molar-refractivity contribution is 0.415.